The predicted molar refractivity (Wildman–Crippen MR) is 28.8 cm³/mol. The van der Waals surface area contributed by atoms with Gasteiger partial charge in [-0.2, -0.15) is 0 Å². The van der Waals surface area contributed by atoms with Crippen molar-refractivity contribution < 1.29 is 9.90 Å². The summed E-state index contributed by atoms with van der Waals surface area (Å²) in [5, 5.41) is 12.6. The van der Waals surface area contributed by atoms with Crippen LogP contribution in [0.15, 0.2) is 0 Å². The minimum atomic E-state index is -1.05. The van der Waals surface area contributed by atoms with E-state index in [9.17, 15) is 9.90 Å². The zero-order chi connectivity index (χ0) is 6.57. The van der Waals surface area contributed by atoms with E-state index in [1.807, 2.05) is 6.92 Å². The molecule has 0 aromatic heterocycles. The smallest absolute Gasteiger partial charge is 0.305 e. The number of likely N-dealkylation sites (N-methyl/N-ethyl adjacent to an activating group) is 1. The zero-order valence-electron chi connectivity index (χ0n) is 5.10. The average Bonchev–Trinajstić information content (AvgIpc) is 1.67. The third-order valence-corrected chi connectivity index (χ3v) is 0.864. The fourth-order valence-electron chi connectivity index (χ4n) is 0.390. The van der Waals surface area contributed by atoms with Crippen LogP contribution < -0.4 is 5.32 Å². The van der Waals surface area contributed by atoms with E-state index in [4.69, 9.17) is 0 Å². The van der Waals surface area contributed by atoms with Crippen molar-refractivity contribution in [2.75, 3.05) is 6.54 Å². The van der Waals surface area contributed by atoms with E-state index in [1.54, 1.807) is 6.92 Å². The number of rotatable bonds is 3. The molecular weight excluding hydrogens is 106 g/mol. The molecule has 0 aliphatic carbocycles. The van der Waals surface area contributed by atoms with E-state index in [1.165, 1.54) is 0 Å². The minimum Gasteiger partial charge on any atom is -0.305 e. The van der Waals surface area contributed by atoms with Crippen molar-refractivity contribution in [3.8, 4) is 0 Å². The molecule has 0 bridgehead atoms. The first-order valence-corrected chi connectivity index (χ1v) is 2.62. The first kappa shape index (κ1) is 7.43. The van der Waals surface area contributed by atoms with Gasteiger partial charge in [-0.3, -0.25) is 0 Å². The van der Waals surface area contributed by atoms with E-state index in [0.29, 0.717) is 6.54 Å². The van der Waals surface area contributed by atoms with Crippen LogP contribution in [0.2, 0.25) is 0 Å². The van der Waals surface area contributed by atoms with Gasteiger partial charge in [-0.15, -0.1) is 0 Å². The number of hydrogen-bond donors (Lipinski definition) is 1. The Kier molecular flexibility index (Phi) is 3.19. The Balaban J connectivity index is 3.32. The Morgan fingerprint density at radius 3 is 2.38 bits per heavy atom. The van der Waals surface area contributed by atoms with E-state index in [2.05, 4.69) is 5.32 Å². The van der Waals surface area contributed by atoms with Crippen molar-refractivity contribution in [1.29, 1.82) is 0 Å². The van der Waals surface area contributed by atoms with Gasteiger partial charge in [0.2, 0.25) is 0 Å². The molecule has 1 unspecified atom stereocenters. The van der Waals surface area contributed by atoms with Crippen molar-refractivity contribution >= 4 is 5.97 Å². The van der Waals surface area contributed by atoms with Crippen molar-refractivity contribution in [2.45, 2.75) is 19.9 Å². The number of hydrogen-bond acceptors (Lipinski definition) is 2. The maximum absolute atomic E-state index is 9.92. The fraction of sp³-hybridized carbons (Fsp3) is 0.800. The topological polar surface area (TPSA) is 49.0 Å². The van der Waals surface area contributed by atoms with Gasteiger partial charge >= 0.3 is 5.97 Å². The third-order valence-electron chi connectivity index (χ3n) is 0.864. The van der Waals surface area contributed by atoms with Crippen molar-refractivity contribution in [3.05, 3.63) is 0 Å². The molecule has 0 heterocycles. The highest BCUT2D eigenvalue weighted by Crippen LogP contribution is 1.78. The molecule has 0 fully saturated rings. The van der Waals surface area contributed by atoms with Crippen LogP contribution in [-0.2, 0) is 9.90 Å². The van der Waals surface area contributed by atoms with Crippen LogP contribution in [0.1, 0.15) is 13.8 Å². The summed E-state index contributed by atoms with van der Waals surface area (Å²) in [4.78, 5) is 9.92. The number of nitrogens with one attached hydrogen (secondary N) is 1. The Morgan fingerprint density at radius 2 is 2.25 bits per heavy atom. The summed E-state index contributed by atoms with van der Waals surface area (Å²) in [6.07, 6.45) is 0. The third kappa shape index (κ3) is 2.58. The lowest BCUT2D eigenvalue weighted by Gasteiger charge is -2.01. The highest BCUT2D eigenvalue weighted by molar-refractivity contribution is 5.72. The van der Waals surface area contributed by atoms with E-state index >= 15 is 0 Å². The number of carbonyl (C=O) groups is 1. The lowest BCUT2D eigenvalue weighted by atomic mass is 10.3. The standard InChI is InChI=1S/C5H10NO2/c1-3-6-4(2)5(7)8/h4,6H,3H2,1-2H3. The molecule has 0 aromatic rings. The monoisotopic (exact) mass is 116 g/mol. The second-order valence-electron chi connectivity index (χ2n) is 1.60. The maximum atomic E-state index is 9.92. The second kappa shape index (κ2) is 3.43. The van der Waals surface area contributed by atoms with Gasteiger partial charge in [-0.25, -0.2) is 9.90 Å². The molecule has 0 aliphatic heterocycles. The Hall–Kier alpha value is -0.570. The SMILES string of the molecule is CCNC(C)C([O])=O. The van der Waals surface area contributed by atoms with Gasteiger partial charge in [-0.05, 0) is 13.5 Å². The van der Waals surface area contributed by atoms with Gasteiger partial charge in [0.1, 0.15) is 6.04 Å². The molecule has 0 spiro atoms. The molecule has 3 heteroatoms. The molecule has 3 nitrogen and oxygen atoms in total. The first-order chi connectivity index (χ1) is 3.68. The van der Waals surface area contributed by atoms with Crippen LogP contribution >= 0.6 is 0 Å². The van der Waals surface area contributed by atoms with Gasteiger partial charge in [0.25, 0.3) is 0 Å². The normalized spacial score (nSPS) is 13.2. The van der Waals surface area contributed by atoms with E-state index in [0.717, 1.165) is 0 Å². The molecule has 0 amide bonds. The highest BCUT2D eigenvalue weighted by Gasteiger charge is 2.09. The summed E-state index contributed by atoms with van der Waals surface area (Å²) in [5.74, 6) is -1.05. The van der Waals surface area contributed by atoms with Gasteiger partial charge in [0.15, 0.2) is 0 Å². The molecule has 1 atom stereocenters. The van der Waals surface area contributed by atoms with E-state index < -0.39 is 12.0 Å². The average molecular weight is 116 g/mol. The first-order valence-electron chi connectivity index (χ1n) is 2.62. The Labute approximate surface area is 48.7 Å². The van der Waals surface area contributed by atoms with Crippen LogP contribution in [0.25, 0.3) is 0 Å². The van der Waals surface area contributed by atoms with Gasteiger partial charge < -0.3 is 5.32 Å². The summed E-state index contributed by atoms with van der Waals surface area (Å²) in [6, 6.07) is -0.528. The van der Waals surface area contributed by atoms with Crippen molar-refractivity contribution in [3.63, 3.8) is 0 Å². The number of carbonyl (C=O) groups excluding carboxylic acids is 1. The maximum Gasteiger partial charge on any atom is 0.372 e. The van der Waals surface area contributed by atoms with Crippen LogP contribution in [0, 0.1) is 0 Å². The fourth-order valence-corrected chi connectivity index (χ4v) is 0.390. The minimum absolute atomic E-state index is 0.528. The van der Waals surface area contributed by atoms with Crippen LogP contribution in [0.3, 0.4) is 0 Å². The largest absolute Gasteiger partial charge is 0.372 e. The quantitative estimate of drug-likeness (QED) is 0.561. The lowest BCUT2D eigenvalue weighted by molar-refractivity contribution is -0.145. The second-order valence-corrected chi connectivity index (χ2v) is 1.60. The van der Waals surface area contributed by atoms with Crippen LogP contribution in [0.5, 0.6) is 0 Å². The van der Waals surface area contributed by atoms with Crippen LogP contribution in [-0.4, -0.2) is 18.6 Å². The Morgan fingerprint density at radius 1 is 1.75 bits per heavy atom. The molecule has 0 saturated heterocycles. The molecule has 8 heavy (non-hydrogen) atoms. The summed E-state index contributed by atoms with van der Waals surface area (Å²) in [6.45, 7) is 4.06. The molecular formula is C5H10NO2. The molecule has 1 N–H and O–H groups in total. The summed E-state index contributed by atoms with van der Waals surface area (Å²) in [5.41, 5.74) is 0. The molecule has 47 valence electrons. The molecule has 0 aromatic carbocycles. The van der Waals surface area contributed by atoms with Gasteiger partial charge in [0.05, 0.1) is 0 Å². The Bertz CT molecular complexity index is 82.5. The van der Waals surface area contributed by atoms with Crippen molar-refractivity contribution in [2.24, 2.45) is 0 Å². The zero-order valence-corrected chi connectivity index (χ0v) is 5.10. The van der Waals surface area contributed by atoms with Crippen molar-refractivity contribution in [1.82, 2.24) is 5.32 Å². The summed E-state index contributed by atoms with van der Waals surface area (Å²) in [7, 11) is 0. The lowest BCUT2D eigenvalue weighted by Crippen LogP contribution is -2.32. The molecule has 0 saturated carbocycles. The predicted octanol–water partition coefficient (Wildman–Crippen LogP) is -0.0585. The van der Waals surface area contributed by atoms with E-state index in [-0.39, 0.29) is 0 Å². The van der Waals surface area contributed by atoms with Crippen LogP contribution in [0.4, 0.5) is 0 Å². The summed E-state index contributed by atoms with van der Waals surface area (Å²) < 4.78 is 0. The van der Waals surface area contributed by atoms with Gasteiger partial charge in [-0.1, -0.05) is 6.92 Å². The highest BCUT2D eigenvalue weighted by atomic mass is 16.4. The summed E-state index contributed by atoms with van der Waals surface area (Å²) >= 11 is 0. The van der Waals surface area contributed by atoms with Gasteiger partial charge in [0, 0.05) is 0 Å². The molecule has 0 rings (SSSR count). The molecule has 1 radical (unpaired) electrons. The molecule has 0 aliphatic rings.